The molecule has 0 radical (unpaired) electrons. The molecule has 2 nitrogen and oxygen atoms in total. The van der Waals surface area contributed by atoms with Gasteiger partial charge in [0.1, 0.15) is 0 Å². The van der Waals surface area contributed by atoms with Gasteiger partial charge in [0, 0.05) is 23.5 Å². The summed E-state index contributed by atoms with van der Waals surface area (Å²) in [5.74, 6) is 0. The fourth-order valence-corrected chi connectivity index (χ4v) is 7.25. The number of rotatable bonds is 4. The molecule has 252 valence electrons. The van der Waals surface area contributed by atoms with Crippen molar-refractivity contribution in [1.29, 1.82) is 0 Å². The normalized spacial score (nSPS) is 10.9. The van der Waals surface area contributed by atoms with Crippen LogP contribution in [-0.4, -0.2) is 9.97 Å². The van der Waals surface area contributed by atoms with Crippen molar-refractivity contribution in [1.82, 2.24) is 9.97 Å². The van der Waals surface area contributed by atoms with Gasteiger partial charge in [-0.05, 0) is 65.6 Å². The fraction of sp³-hybridized carbons (Fsp3) is 0. The number of pyridine rings is 2. The van der Waals surface area contributed by atoms with Crippen molar-refractivity contribution in [2.45, 2.75) is 0 Å². The molecule has 10 rings (SSSR count). The van der Waals surface area contributed by atoms with Crippen molar-refractivity contribution in [3.05, 3.63) is 207 Å². The molecule has 0 fully saturated rings. The van der Waals surface area contributed by atoms with Crippen molar-refractivity contribution >= 4 is 43.1 Å². The van der Waals surface area contributed by atoms with Crippen molar-refractivity contribution < 1.29 is 21.1 Å². The quantitative estimate of drug-likeness (QED) is 0.165. The molecule has 2 heterocycles. The predicted octanol–water partition coefficient (Wildman–Crippen LogP) is 13.0. The summed E-state index contributed by atoms with van der Waals surface area (Å²) in [7, 11) is 0. The second-order valence-corrected chi connectivity index (χ2v) is 12.7. The van der Waals surface area contributed by atoms with Crippen LogP contribution in [0, 0.1) is 12.1 Å². The fourth-order valence-electron chi connectivity index (χ4n) is 7.25. The van der Waals surface area contributed by atoms with Crippen LogP contribution in [-0.2, 0) is 21.1 Å². The average molecular weight is 856 g/mol. The molecule has 3 heteroatoms. The third kappa shape index (κ3) is 6.55. The summed E-state index contributed by atoms with van der Waals surface area (Å²) in [6.45, 7) is 0. The summed E-state index contributed by atoms with van der Waals surface area (Å²) < 4.78 is 0. The van der Waals surface area contributed by atoms with Gasteiger partial charge in [-0.15, -0.1) is 71.8 Å². The maximum Gasteiger partial charge on any atom is 2.00 e. The van der Waals surface area contributed by atoms with Gasteiger partial charge in [0.05, 0.1) is 0 Å². The molecule has 8 aromatic carbocycles. The maximum absolute atomic E-state index is 4.83. The largest absolute Gasteiger partial charge is 2.00 e. The summed E-state index contributed by atoms with van der Waals surface area (Å²) in [5.41, 5.74) is 8.76. The van der Waals surface area contributed by atoms with Gasteiger partial charge >= 0.3 is 21.1 Å². The van der Waals surface area contributed by atoms with E-state index in [2.05, 4.69) is 158 Å². The summed E-state index contributed by atoms with van der Waals surface area (Å²) in [6.07, 6.45) is 4.00. The van der Waals surface area contributed by atoms with Crippen LogP contribution in [0.3, 0.4) is 0 Å². The third-order valence-electron chi connectivity index (χ3n) is 9.68. The minimum atomic E-state index is 0. The molecule has 2 aromatic heterocycles. The van der Waals surface area contributed by atoms with E-state index in [1.54, 1.807) is 0 Å². The first-order valence-corrected chi connectivity index (χ1v) is 17.5. The Hall–Kier alpha value is -6.21. The average Bonchev–Trinajstić information content (AvgIpc) is 3.23. The molecule has 53 heavy (non-hydrogen) atoms. The number of fused-ring (bicyclic) bond motifs is 4. The van der Waals surface area contributed by atoms with Gasteiger partial charge in [0.2, 0.25) is 0 Å². The molecule has 0 saturated heterocycles. The number of aromatic nitrogens is 2. The van der Waals surface area contributed by atoms with Crippen LogP contribution in [0.4, 0.5) is 0 Å². The maximum atomic E-state index is 4.83. The van der Waals surface area contributed by atoms with E-state index in [1.165, 1.54) is 43.4 Å². The molecule has 0 atom stereocenters. The van der Waals surface area contributed by atoms with E-state index in [9.17, 15) is 0 Å². The van der Waals surface area contributed by atoms with Crippen LogP contribution in [0.1, 0.15) is 0 Å². The molecule has 0 aliphatic rings. The van der Waals surface area contributed by atoms with Gasteiger partial charge in [-0.25, -0.2) is 0 Å². The Morgan fingerprint density at radius 3 is 1.08 bits per heavy atom. The molecule has 0 spiro atoms. The van der Waals surface area contributed by atoms with Gasteiger partial charge in [-0.3, -0.25) is 0 Å². The molecule has 0 unspecified atom stereocenters. The zero-order chi connectivity index (χ0) is 34.7. The molecule has 0 N–H and O–H groups in total. The Kier molecular flexibility index (Phi) is 9.71. The number of nitrogens with zero attached hydrogens (tertiary/aromatic N) is 2. The van der Waals surface area contributed by atoms with Crippen molar-refractivity contribution in [3.8, 4) is 44.8 Å². The van der Waals surface area contributed by atoms with Crippen molar-refractivity contribution in [3.63, 3.8) is 0 Å². The molecular weight excluding hydrogens is 824 g/mol. The van der Waals surface area contributed by atoms with E-state index in [1.807, 2.05) is 48.8 Å². The molecule has 0 bridgehead atoms. The Morgan fingerprint density at radius 2 is 0.660 bits per heavy atom. The van der Waals surface area contributed by atoms with Gasteiger partial charge in [0.15, 0.2) is 0 Å². The van der Waals surface area contributed by atoms with E-state index in [0.717, 1.165) is 44.4 Å². The van der Waals surface area contributed by atoms with Crippen molar-refractivity contribution in [2.75, 3.05) is 0 Å². The number of benzene rings is 8. The topological polar surface area (TPSA) is 25.8 Å². The minimum absolute atomic E-state index is 0. The summed E-state index contributed by atoms with van der Waals surface area (Å²) in [5, 5.41) is 9.73. The summed E-state index contributed by atoms with van der Waals surface area (Å²) in [4.78, 5) is 9.66. The molecule has 0 amide bonds. The smallest absolute Gasteiger partial charge is 0.303 e. The van der Waals surface area contributed by atoms with E-state index < -0.39 is 0 Å². The SMILES string of the molecule is [Pt+2].[c-]1ccccc1-c1ncc(-c2cccc3ccccc23)c2ccccc12.[c-]1ccccc1-c1ncc(-c2cccc3ccccc23)c2ccccc12. The molecule has 0 aliphatic carbocycles. The number of hydrogen-bond acceptors (Lipinski definition) is 2. The zero-order valence-corrected chi connectivity index (χ0v) is 31.0. The Morgan fingerprint density at radius 1 is 0.302 bits per heavy atom. The third-order valence-corrected chi connectivity index (χ3v) is 9.68. The van der Waals surface area contributed by atoms with E-state index in [4.69, 9.17) is 9.97 Å². The second kappa shape index (κ2) is 15.2. The van der Waals surface area contributed by atoms with Gasteiger partial charge in [0.25, 0.3) is 0 Å². The van der Waals surface area contributed by atoms with Crippen LogP contribution >= 0.6 is 0 Å². The molecular formula is C50H32N2Pt. The monoisotopic (exact) mass is 855 g/mol. The van der Waals surface area contributed by atoms with E-state index in [-0.39, 0.29) is 21.1 Å². The van der Waals surface area contributed by atoms with E-state index in [0.29, 0.717) is 0 Å². The first kappa shape index (κ1) is 33.9. The first-order chi connectivity index (χ1) is 25.8. The number of hydrogen-bond donors (Lipinski definition) is 0. The van der Waals surface area contributed by atoms with Crippen LogP contribution in [0.15, 0.2) is 194 Å². The summed E-state index contributed by atoms with van der Waals surface area (Å²) in [6, 6.07) is 69.5. The molecule has 0 aliphatic heterocycles. The zero-order valence-electron chi connectivity index (χ0n) is 28.7. The van der Waals surface area contributed by atoms with Gasteiger partial charge in [-0.1, -0.05) is 133 Å². The minimum Gasteiger partial charge on any atom is -0.303 e. The van der Waals surface area contributed by atoms with Crippen molar-refractivity contribution in [2.24, 2.45) is 0 Å². The Bertz CT molecular complexity index is 2640. The summed E-state index contributed by atoms with van der Waals surface area (Å²) >= 11 is 0. The standard InChI is InChI=1S/2C25H16N.Pt/c2*1-2-10-19(11-3-1)25-23-15-7-6-14-22(23)24(17-26-25)21-16-8-12-18-9-4-5-13-20(18)21;/h2*1-10,12-17H;/q2*-1;+2. The van der Waals surface area contributed by atoms with Crippen LogP contribution < -0.4 is 0 Å². The van der Waals surface area contributed by atoms with Crippen LogP contribution in [0.5, 0.6) is 0 Å². The Balaban J connectivity index is 0.000000148. The molecule has 0 saturated carbocycles. The predicted molar refractivity (Wildman–Crippen MR) is 218 cm³/mol. The van der Waals surface area contributed by atoms with Crippen LogP contribution in [0.25, 0.3) is 87.9 Å². The van der Waals surface area contributed by atoms with Gasteiger partial charge < -0.3 is 9.97 Å². The Labute approximate surface area is 323 Å². The van der Waals surface area contributed by atoms with Gasteiger partial charge in [-0.2, -0.15) is 0 Å². The van der Waals surface area contributed by atoms with Crippen LogP contribution in [0.2, 0.25) is 0 Å². The van der Waals surface area contributed by atoms with E-state index >= 15 is 0 Å². The first-order valence-electron chi connectivity index (χ1n) is 17.5. The second-order valence-electron chi connectivity index (χ2n) is 12.7. The molecule has 10 aromatic rings.